The van der Waals surface area contributed by atoms with Gasteiger partial charge in [0.1, 0.15) is 11.6 Å². The van der Waals surface area contributed by atoms with Crippen molar-refractivity contribution in [3.8, 4) is 11.3 Å². The third kappa shape index (κ3) is 5.20. The van der Waals surface area contributed by atoms with E-state index < -0.39 is 0 Å². The molecule has 0 bridgehead atoms. The Morgan fingerprint density at radius 1 is 0.939 bits per heavy atom. The lowest BCUT2D eigenvalue weighted by Crippen LogP contribution is -2.26. The highest BCUT2D eigenvalue weighted by Gasteiger charge is 2.14. The number of hydrogen-bond donors (Lipinski definition) is 1. The summed E-state index contributed by atoms with van der Waals surface area (Å²) in [5, 5.41) is 4.54. The summed E-state index contributed by atoms with van der Waals surface area (Å²) in [5.74, 6) is 2.13. The van der Waals surface area contributed by atoms with E-state index in [0.717, 1.165) is 45.1 Å². The second-order valence-electron chi connectivity index (χ2n) is 9.30. The zero-order valence-corrected chi connectivity index (χ0v) is 20.4. The molecule has 4 rings (SSSR count). The van der Waals surface area contributed by atoms with Gasteiger partial charge in [-0.15, -0.1) is 0 Å². The molecular weight excluding hydrogens is 406 g/mol. The number of nitrogens with one attached hydrogen (secondary N) is 1. The van der Waals surface area contributed by atoms with Crippen molar-refractivity contribution in [2.75, 3.05) is 12.4 Å². The summed E-state index contributed by atoms with van der Waals surface area (Å²) in [4.78, 5) is 16.7. The van der Waals surface area contributed by atoms with Crippen molar-refractivity contribution in [2.45, 2.75) is 53.1 Å². The molecule has 0 fully saturated rings. The van der Waals surface area contributed by atoms with Crippen LogP contribution in [0.15, 0.2) is 60.8 Å². The Labute approximate surface area is 196 Å². The number of anilines is 2. The Morgan fingerprint density at radius 3 is 2.36 bits per heavy atom. The highest BCUT2D eigenvalue weighted by Crippen LogP contribution is 2.30. The average Bonchev–Trinajstić information content (AvgIpc) is 2.79. The number of aromatic nitrogens is 3. The summed E-state index contributed by atoms with van der Waals surface area (Å²) in [6, 6.07) is 19.4. The molecule has 5 heteroatoms. The number of hydrogen-bond acceptors (Lipinski definition) is 5. The molecule has 170 valence electrons. The molecule has 0 unspecified atom stereocenters. The molecule has 2 aromatic heterocycles. The van der Waals surface area contributed by atoms with E-state index in [2.05, 4.69) is 105 Å². The van der Waals surface area contributed by atoms with E-state index >= 15 is 0 Å². The summed E-state index contributed by atoms with van der Waals surface area (Å²) in [7, 11) is 2.10. The van der Waals surface area contributed by atoms with Gasteiger partial charge in [0.05, 0.1) is 17.8 Å². The second kappa shape index (κ2) is 9.67. The average molecular weight is 440 g/mol. The van der Waals surface area contributed by atoms with Gasteiger partial charge in [-0.05, 0) is 75.2 Å². The zero-order chi connectivity index (χ0) is 23.5. The Morgan fingerprint density at radius 2 is 1.70 bits per heavy atom. The third-order valence-corrected chi connectivity index (χ3v) is 6.14. The van der Waals surface area contributed by atoms with Gasteiger partial charge in [-0.1, -0.05) is 38.1 Å². The SMILES string of the molecule is Cc1cccnc1-c1ccc2c(Nc3ccc(C(C)C)cc3)nc(CN(C)C(C)C)nc2c1. The van der Waals surface area contributed by atoms with E-state index in [-0.39, 0.29) is 0 Å². The number of rotatable bonds is 7. The van der Waals surface area contributed by atoms with Crippen LogP contribution in [0, 0.1) is 6.92 Å². The van der Waals surface area contributed by atoms with Crippen LogP contribution < -0.4 is 5.32 Å². The van der Waals surface area contributed by atoms with Crippen molar-refractivity contribution in [1.82, 2.24) is 19.9 Å². The minimum absolute atomic E-state index is 0.409. The van der Waals surface area contributed by atoms with Crippen LogP contribution in [0.5, 0.6) is 0 Å². The van der Waals surface area contributed by atoms with Crippen molar-refractivity contribution in [1.29, 1.82) is 0 Å². The van der Waals surface area contributed by atoms with Crippen LogP contribution in [-0.2, 0) is 6.54 Å². The second-order valence-corrected chi connectivity index (χ2v) is 9.30. The van der Waals surface area contributed by atoms with Crippen LogP contribution in [0.4, 0.5) is 11.5 Å². The maximum atomic E-state index is 4.93. The predicted molar refractivity (Wildman–Crippen MR) is 138 cm³/mol. The van der Waals surface area contributed by atoms with Crippen molar-refractivity contribution >= 4 is 22.4 Å². The molecule has 1 N–H and O–H groups in total. The van der Waals surface area contributed by atoms with E-state index in [4.69, 9.17) is 9.97 Å². The van der Waals surface area contributed by atoms with Gasteiger partial charge in [0.25, 0.3) is 0 Å². The van der Waals surface area contributed by atoms with Gasteiger partial charge in [-0.2, -0.15) is 0 Å². The van der Waals surface area contributed by atoms with Gasteiger partial charge in [-0.3, -0.25) is 9.88 Å². The third-order valence-electron chi connectivity index (χ3n) is 6.14. The largest absolute Gasteiger partial charge is 0.340 e. The summed E-state index contributed by atoms with van der Waals surface area (Å²) < 4.78 is 0. The monoisotopic (exact) mass is 439 g/mol. The Balaban J connectivity index is 1.78. The number of aryl methyl sites for hydroxylation is 1. The first-order valence-corrected chi connectivity index (χ1v) is 11.6. The van der Waals surface area contributed by atoms with Crippen LogP contribution in [0.2, 0.25) is 0 Å². The van der Waals surface area contributed by atoms with Crippen LogP contribution in [-0.4, -0.2) is 32.9 Å². The van der Waals surface area contributed by atoms with E-state index in [1.54, 1.807) is 0 Å². The minimum Gasteiger partial charge on any atom is -0.340 e. The van der Waals surface area contributed by atoms with Crippen molar-refractivity contribution < 1.29 is 0 Å². The molecule has 0 atom stereocenters. The standard InChI is InChI=1S/C28H33N5/c1-18(2)21-9-12-23(13-10-21)30-28-24-14-11-22(27-20(5)8-7-15-29-27)16-25(24)31-26(32-28)17-33(6)19(3)4/h7-16,18-19H,17H2,1-6H3,(H,30,31,32). The summed E-state index contributed by atoms with van der Waals surface area (Å²) >= 11 is 0. The molecule has 0 saturated heterocycles. The molecule has 2 aromatic carbocycles. The molecule has 0 saturated carbocycles. The maximum absolute atomic E-state index is 4.93. The predicted octanol–water partition coefficient (Wildman–Crippen LogP) is 6.71. The van der Waals surface area contributed by atoms with Crippen LogP contribution in [0.3, 0.4) is 0 Å². The Bertz CT molecular complexity index is 1250. The number of fused-ring (bicyclic) bond motifs is 1. The Kier molecular flexibility index (Phi) is 6.70. The van der Waals surface area contributed by atoms with Gasteiger partial charge in [0.15, 0.2) is 0 Å². The lowest BCUT2D eigenvalue weighted by molar-refractivity contribution is 0.259. The van der Waals surface area contributed by atoms with E-state index in [9.17, 15) is 0 Å². The van der Waals surface area contributed by atoms with E-state index in [1.165, 1.54) is 5.56 Å². The fourth-order valence-corrected chi connectivity index (χ4v) is 3.77. The van der Waals surface area contributed by atoms with Gasteiger partial charge < -0.3 is 5.32 Å². The maximum Gasteiger partial charge on any atom is 0.145 e. The fourth-order valence-electron chi connectivity index (χ4n) is 3.77. The minimum atomic E-state index is 0.409. The molecule has 0 spiro atoms. The highest BCUT2D eigenvalue weighted by molar-refractivity contribution is 5.93. The molecular formula is C28H33N5. The van der Waals surface area contributed by atoms with Crippen molar-refractivity contribution in [2.24, 2.45) is 0 Å². The van der Waals surface area contributed by atoms with E-state index in [0.29, 0.717) is 18.5 Å². The fraction of sp³-hybridized carbons (Fsp3) is 0.321. The van der Waals surface area contributed by atoms with Gasteiger partial charge in [-0.25, -0.2) is 9.97 Å². The first kappa shape index (κ1) is 22.9. The van der Waals surface area contributed by atoms with Crippen LogP contribution in [0.25, 0.3) is 22.2 Å². The summed E-state index contributed by atoms with van der Waals surface area (Å²) in [6.07, 6.45) is 1.84. The van der Waals surface area contributed by atoms with Crippen LogP contribution in [0.1, 0.15) is 50.6 Å². The molecule has 0 aliphatic heterocycles. The number of benzene rings is 2. The summed E-state index contributed by atoms with van der Waals surface area (Å²) in [5.41, 5.74) is 6.46. The molecule has 0 aliphatic rings. The molecule has 5 nitrogen and oxygen atoms in total. The Hall–Kier alpha value is -3.31. The van der Waals surface area contributed by atoms with E-state index in [1.807, 2.05) is 12.3 Å². The van der Waals surface area contributed by atoms with Crippen molar-refractivity contribution in [3.05, 3.63) is 77.7 Å². The molecule has 0 radical (unpaired) electrons. The quantitative estimate of drug-likeness (QED) is 0.347. The van der Waals surface area contributed by atoms with Gasteiger partial charge >= 0.3 is 0 Å². The lowest BCUT2D eigenvalue weighted by Gasteiger charge is -2.21. The number of nitrogens with zero attached hydrogens (tertiary/aromatic N) is 4. The zero-order valence-electron chi connectivity index (χ0n) is 20.4. The molecule has 33 heavy (non-hydrogen) atoms. The first-order valence-electron chi connectivity index (χ1n) is 11.6. The highest BCUT2D eigenvalue weighted by atomic mass is 15.2. The summed E-state index contributed by atoms with van der Waals surface area (Å²) in [6.45, 7) is 11.5. The molecule has 4 aromatic rings. The van der Waals surface area contributed by atoms with Gasteiger partial charge in [0, 0.05) is 28.9 Å². The van der Waals surface area contributed by atoms with Gasteiger partial charge in [0.2, 0.25) is 0 Å². The smallest absolute Gasteiger partial charge is 0.145 e. The molecule has 0 aliphatic carbocycles. The lowest BCUT2D eigenvalue weighted by atomic mass is 10.0. The van der Waals surface area contributed by atoms with Crippen molar-refractivity contribution in [3.63, 3.8) is 0 Å². The molecule has 2 heterocycles. The topological polar surface area (TPSA) is 53.9 Å². The molecule has 0 amide bonds. The first-order chi connectivity index (χ1) is 15.8. The van der Waals surface area contributed by atoms with Crippen LogP contribution >= 0.6 is 0 Å². The number of pyridine rings is 1. The normalized spacial score (nSPS) is 11.7.